The minimum Gasteiger partial charge on any atom is -0.496 e. The van der Waals surface area contributed by atoms with Gasteiger partial charge in [0.25, 0.3) is 0 Å². The van der Waals surface area contributed by atoms with Crippen LogP contribution in [0.1, 0.15) is 34.7 Å². The lowest BCUT2D eigenvalue weighted by molar-refractivity contribution is 0.392. The number of hydrogen-bond donors (Lipinski definition) is 2. The first-order valence-corrected chi connectivity index (χ1v) is 7.31. The molecule has 2 rings (SSSR count). The lowest BCUT2D eigenvalue weighted by atomic mass is 9.95. The van der Waals surface area contributed by atoms with Crippen molar-refractivity contribution in [1.29, 1.82) is 0 Å². The van der Waals surface area contributed by atoms with Gasteiger partial charge in [-0.15, -0.1) is 0 Å². The average Bonchev–Trinajstić information content (AvgIpc) is 2.52. The Morgan fingerprint density at radius 3 is 2.43 bits per heavy atom. The maximum absolute atomic E-state index is 5.78. The molecule has 3 nitrogen and oxygen atoms in total. The lowest BCUT2D eigenvalue weighted by Crippen LogP contribution is -2.29. The first kappa shape index (κ1) is 15.5. The topological polar surface area (TPSA) is 47.3 Å². The molecule has 0 amide bonds. The Morgan fingerprint density at radius 1 is 1.10 bits per heavy atom. The van der Waals surface area contributed by atoms with Crippen molar-refractivity contribution in [3.05, 3.63) is 64.7 Å². The molecule has 3 heteroatoms. The van der Waals surface area contributed by atoms with E-state index in [1.54, 1.807) is 7.11 Å². The number of rotatable bonds is 6. The molecule has 0 radical (unpaired) electrons. The molecule has 0 aliphatic rings. The van der Waals surface area contributed by atoms with Crippen molar-refractivity contribution in [1.82, 2.24) is 5.43 Å². The Balaban J connectivity index is 2.19. The Kier molecular flexibility index (Phi) is 5.37. The van der Waals surface area contributed by atoms with Crippen molar-refractivity contribution in [2.75, 3.05) is 7.11 Å². The maximum Gasteiger partial charge on any atom is 0.126 e. The second-order valence-electron chi connectivity index (χ2n) is 5.37. The number of benzene rings is 2. The van der Waals surface area contributed by atoms with Gasteiger partial charge in [-0.1, -0.05) is 42.5 Å². The molecular formula is C18H24N2O. The Bertz CT molecular complexity index is 581. The van der Waals surface area contributed by atoms with Gasteiger partial charge < -0.3 is 4.74 Å². The predicted molar refractivity (Wildman–Crippen MR) is 87.3 cm³/mol. The highest BCUT2D eigenvalue weighted by molar-refractivity contribution is 5.46. The lowest BCUT2D eigenvalue weighted by Gasteiger charge is -2.21. The van der Waals surface area contributed by atoms with Crippen LogP contribution in [0.15, 0.2) is 42.5 Å². The quantitative estimate of drug-likeness (QED) is 0.631. The molecule has 21 heavy (non-hydrogen) atoms. The smallest absolute Gasteiger partial charge is 0.126 e. The molecule has 0 bridgehead atoms. The minimum absolute atomic E-state index is 0.0828. The number of methoxy groups -OCH3 is 1. The van der Waals surface area contributed by atoms with Gasteiger partial charge >= 0.3 is 0 Å². The molecule has 112 valence electrons. The monoisotopic (exact) mass is 284 g/mol. The molecule has 0 aliphatic carbocycles. The SMILES string of the molecule is COc1c(C(CCc2ccccc2)NN)ccc(C)c1C. The van der Waals surface area contributed by atoms with Crippen LogP contribution in [0.2, 0.25) is 0 Å². The number of hydrazine groups is 1. The van der Waals surface area contributed by atoms with Gasteiger partial charge in [0.15, 0.2) is 0 Å². The standard InChI is InChI=1S/C18H24N2O/c1-13-9-11-16(18(21-3)14(13)2)17(20-19)12-10-15-7-5-4-6-8-15/h4-9,11,17,20H,10,12,19H2,1-3H3. The molecule has 0 aromatic heterocycles. The van der Waals surface area contributed by atoms with Crippen molar-refractivity contribution >= 4 is 0 Å². The van der Waals surface area contributed by atoms with E-state index in [-0.39, 0.29) is 6.04 Å². The van der Waals surface area contributed by atoms with Crippen LogP contribution in [0.3, 0.4) is 0 Å². The van der Waals surface area contributed by atoms with Crippen molar-refractivity contribution in [3.8, 4) is 5.75 Å². The van der Waals surface area contributed by atoms with Gasteiger partial charge in [-0.05, 0) is 43.4 Å². The molecule has 2 aromatic carbocycles. The van der Waals surface area contributed by atoms with Crippen LogP contribution in [-0.4, -0.2) is 7.11 Å². The van der Waals surface area contributed by atoms with Crippen molar-refractivity contribution in [3.63, 3.8) is 0 Å². The van der Waals surface area contributed by atoms with Crippen LogP contribution in [0, 0.1) is 13.8 Å². The van der Waals surface area contributed by atoms with E-state index >= 15 is 0 Å². The van der Waals surface area contributed by atoms with Gasteiger partial charge in [0, 0.05) is 11.6 Å². The van der Waals surface area contributed by atoms with Gasteiger partial charge in [-0.25, -0.2) is 0 Å². The number of hydrogen-bond acceptors (Lipinski definition) is 3. The van der Waals surface area contributed by atoms with Crippen LogP contribution in [0.5, 0.6) is 5.75 Å². The van der Waals surface area contributed by atoms with Crippen molar-refractivity contribution in [2.45, 2.75) is 32.7 Å². The Hall–Kier alpha value is -1.84. The van der Waals surface area contributed by atoms with E-state index in [1.807, 2.05) is 6.07 Å². The van der Waals surface area contributed by atoms with E-state index in [2.05, 4.69) is 55.7 Å². The zero-order valence-electron chi connectivity index (χ0n) is 13.0. The first-order valence-electron chi connectivity index (χ1n) is 7.31. The molecule has 0 saturated heterocycles. The summed E-state index contributed by atoms with van der Waals surface area (Å²) in [4.78, 5) is 0. The third-order valence-corrected chi connectivity index (χ3v) is 4.05. The summed E-state index contributed by atoms with van der Waals surface area (Å²) < 4.78 is 5.60. The van der Waals surface area contributed by atoms with Crippen LogP contribution >= 0.6 is 0 Å². The van der Waals surface area contributed by atoms with Gasteiger partial charge in [0.1, 0.15) is 5.75 Å². The van der Waals surface area contributed by atoms with E-state index in [0.717, 1.165) is 24.2 Å². The Morgan fingerprint density at radius 2 is 1.81 bits per heavy atom. The van der Waals surface area contributed by atoms with Crippen LogP contribution in [0.25, 0.3) is 0 Å². The number of aryl methyl sites for hydroxylation is 2. The molecule has 1 unspecified atom stereocenters. The molecule has 0 spiro atoms. The summed E-state index contributed by atoms with van der Waals surface area (Å²) in [6, 6.07) is 14.8. The minimum atomic E-state index is 0.0828. The second-order valence-corrected chi connectivity index (χ2v) is 5.37. The zero-order chi connectivity index (χ0) is 15.2. The largest absolute Gasteiger partial charge is 0.496 e. The third-order valence-electron chi connectivity index (χ3n) is 4.05. The van der Waals surface area contributed by atoms with Gasteiger partial charge in [0.2, 0.25) is 0 Å². The van der Waals surface area contributed by atoms with E-state index in [4.69, 9.17) is 10.6 Å². The van der Waals surface area contributed by atoms with Gasteiger partial charge in [0.05, 0.1) is 7.11 Å². The number of nitrogens with two attached hydrogens (primary N) is 1. The molecule has 2 aromatic rings. The molecule has 3 N–H and O–H groups in total. The van der Waals surface area contributed by atoms with Gasteiger partial charge in [-0.3, -0.25) is 11.3 Å². The Labute approximate surface area is 127 Å². The summed E-state index contributed by atoms with van der Waals surface area (Å²) in [5.74, 6) is 6.71. The third kappa shape index (κ3) is 3.63. The van der Waals surface area contributed by atoms with Crippen LogP contribution in [0.4, 0.5) is 0 Å². The fraction of sp³-hybridized carbons (Fsp3) is 0.333. The number of ether oxygens (including phenoxy) is 1. The predicted octanol–water partition coefficient (Wildman–Crippen LogP) is 3.45. The fourth-order valence-corrected chi connectivity index (χ4v) is 2.64. The summed E-state index contributed by atoms with van der Waals surface area (Å²) in [6.45, 7) is 4.18. The van der Waals surface area contributed by atoms with E-state index in [9.17, 15) is 0 Å². The van der Waals surface area contributed by atoms with Crippen molar-refractivity contribution < 1.29 is 4.74 Å². The van der Waals surface area contributed by atoms with E-state index in [0.29, 0.717) is 0 Å². The average molecular weight is 284 g/mol. The normalized spacial score (nSPS) is 12.2. The molecule has 0 fully saturated rings. The highest BCUT2D eigenvalue weighted by Gasteiger charge is 2.17. The van der Waals surface area contributed by atoms with E-state index < -0.39 is 0 Å². The summed E-state index contributed by atoms with van der Waals surface area (Å²) in [5, 5.41) is 0. The van der Waals surface area contributed by atoms with Crippen LogP contribution in [-0.2, 0) is 6.42 Å². The number of nitrogens with one attached hydrogen (secondary N) is 1. The summed E-state index contributed by atoms with van der Waals surface area (Å²) >= 11 is 0. The molecule has 0 saturated carbocycles. The van der Waals surface area contributed by atoms with Crippen molar-refractivity contribution in [2.24, 2.45) is 5.84 Å². The molecule has 0 aliphatic heterocycles. The summed E-state index contributed by atoms with van der Waals surface area (Å²) in [7, 11) is 1.72. The summed E-state index contributed by atoms with van der Waals surface area (Å²) in [5.41, 5.74) is 7.78. The van der Waals surface area contributed by atoms with Gasteiger partial charge in [-0.2, -0.15) is 0 Å². The summed E-state index contributed by atoms with van der Waals surface area (Å²) in [6.07, 6.45) is 1.91. The highest BCUT2D eigenvalue weighted by Crippen LogP contribution is 2.32. The molecule has 0 heterocycles. The van der Waals surface area contributed by atoms with E-state index in [1.165, 1.54) is 16.7 Å². The molecule has 1 atom stereocenters. The maximum atomic E-state index is 5.78. The fourth-order valence-electron chi connectivity index (χ4n) is 2.64. The first-order chi connectivity index (χ1) is 10.2. The zero-order valence-corrected chi connectivity index (χ0v) is 13.0. The molecular weight excluding hydrogens is 260 g/mol. The second kappa shape index (κ2) is 7.25. The highest BCUT2D eigenvalue weighted by atomic mass is 16.5. The van der Waals surface area contributed by atoms with Crippen LogP contribution < -0.4 is 16.0 Å².